The number of rotatable bonds is 13. The summed E-state index contributed by atoms with van der Waals surface area (Å²) in [7, 11) is -3.11. The van der Waals surface area contributed by atoms with E-state index in [-0.39, 0.29) is 24.4 Å². The van der Waals surface area contributed by atoms with Crippen LogP contribution in [0, 0.1) is 10.8 Å². The molecule has 2 atom stereocenters. The predicted octanol–water partition coefficient (Wildman–Crippen LogP) is 4.53. The van der Waals surface area contributed by atoms with E-state index in [2.05, 4.69) is 0 Å². The molecule has 2 aliphatic heterocycles. The predicted molar refractivity (Wildman–Crippen MR) is 138 cm³/mol. The van der Waals surface area contributed by atoms with Crippen LogP contribution >= 0.6 is 0 Å². The van der Waals surface area contributed by atoms with Gasteiger partial charge < -0.3 is 10.2 Å². The van der Waals surface area contributed by atoms with Gasteiger partial charge in [-0.05, 0) is 103 Å². The van der Waals surface area contributed by atoms with Crippen LogP contribution in [0.3, 0.4) is 0 Å². The van der Waals surface area contributed by atoms with Crippen molar-refractivity contribution in [1.29, 1.82) is 0 Å². The van der Waals surface area contributed by atoms with E-state index in [0.29, 0.717) is 58.1 Å². The highest BCUT2D eigenvalue weighted by molar-refractivity contribution is 7.93. The van der Waals surface area contributed by atoms with Crippen LogP contribution in [0.1, 0.15) is 79.1 Å². The van der Waals surface area contributed by atoms with Crippen molar-refractivity contribution in [2.45, 2.75) is 79.1 Å². The van der Waals surface area contributed by atoms with Crippen LogP contribution in [0.2, 0.25) is 0 Å². The van der Waals surface area contributed by atoms with Gasteiger partial charge in [0, 0.05) is 19.6 Å². The minimum absolute atomic E-state index is 0.195. The quantitative estimate of drug-likeness (QED) is 0.348. The molecule has 0 aromatic heterocycles. The third-order valence-corrected chi connectivity index (χ3v) is 9.58. The van der Waals surface area contributed by atoms with E-state index in [9.17, 15) is 37.8 Å². The van der Waals surface area contributed by atoms with Gasteiger partial charge in [-0.25, -0.2) is 8.42 Å². The van der Waals surface area contributed by atoms with Gasteiger partial charge in [-0.15, -0.1) is 0 Å². The van der Waals surface area contributed by atoms with Crippen LogP contribution in [0.5, 0.6) is 0 Å². The van der Waals surface area contributed by atoms with Crippen LogP contribution < -0.4 is 0 Å². The van der Waals surface area contributed by atoms with Crippen LogP contribution in [0.25, 0.3) is 0 Å². The fraction of sp³-hybridized carbons (Fsp3) is 0.538. The zero-order chi connectivity index (χ0) is 27.3. The first-order chi connectivity index (χ1) is 16.6. The van der Waals surface area contributed by atoms with E-state index in [1.807, 2.05) is 0 Å². The second-order valence-corrected chi connectivity index (χ2v) is 13.5. The smallest absolute Gasteiger partial charge is 0.309 e. The molecule has 2 N–H and O–H groups in total. The van der Waals surface area contributed by atoms with Crippen molar-refractivity contribution in [3.8, 4) is 0 Å². The molecule has 2 heterocycles. The second kappa shape index (κ2) is 12.2. The Balaban J connectivity index is 1.97. The Hall–Kier alpha value is -2.46. The molecule has 0 bridgehead atoms. The molecule has 0 aromatic rings. The van der Waals surface area contributed by atoms with Crippen LogP contribution in [-0.4, -0.2) is 42.1 Å². The lowest BCUT2D eigenvalue weighted by atomic mass is 9.87. The Morgan fingerprint density at radius 1 is 0.639 bits per heavy atom. The normalized spacial score (nSPS) is 20.9. The van der Waals surface area contributed by atoms with Gasteiger partial charge in [-0.1, -0.05) is 0 Å². The first-order valence-electron chi connectivity index (χ1n) is 11.8. The summed E-state index contributed by atoms with van der Waals surface area (Å²) in [6.07, 6.45) is 8.00. The molecule has 36 heavy (non-hydrogen) atoms. The molecule has 0 spiro atoms. The molecule has 0 amide bonds. The van der Waals surface area contributed by atoms with E-state index >= 15 is 0 Å². The van der Waals surface area contributed by atoms with Crippen LogP contribution in [0.4, 0.5) is 0 Å². The molecule has 0 radical (unpaired) electrons. The third-order valence-electron chi connectivity index (χ3n) is 6.39. The summed E-state index contributed by atoms with van der Waals surface area (Å²) in [5.74, 6) is -2.43. The van der Waals surface area contributed by atoms with Gasteiger partial charge in [0.25, 0.3) is 0 Å². The van der Waals surface area contributed by atoms with Crippen molar-refractivity contribution < 1.29 is 37.8 Å². The lowest BCUT2D eigenvalue weighted by molar-refractivity contribution is -0.148. The number of hydrogen-bond acceptors (Lipinski definition) is 6. The highest BCUT2D eigenvalue weighted by Gasteiger charge is 2.29. The van der Waals surface area contributed by atoms with Crippen molar-refractivity contribution in [2.24, 2.45) is 10.8 Å². The molecule has 8 nitrogen and oxygen atoms in total. The highest BCUT2D eigenvalue weighted by atomic mass is 32.2. The molecule has 0 saturated carbocycles. The third kappa shape index (κ3) is 8.03. The number of carboxylic acids is 2. The fourth-order valence-electron chi connectivity index (χ4n) is 3.80. The van der Waals surface area contributed by atoms with Crippen molar-refractivity contribution in [2.75, 3.05) is 0 Å². The average molecular weight is 539 g/mol. The van der Waals surface area contributed by atoms with Gasteiger partial charge in [0.2, 0.25) is 0 Å². The molecular weight excluding hydrogens is 504 g/mol. The molecule has 0 fully saturated rings. The van der Waals surface area contributed by atoms with E-state index in [1.165, 1.54) is 24.3 Å². The molecule has 2 aliphatic rings. The standard InChI is InChI=1S/C26H34O8S2/c1-25(2,23(29)30)11-5-7-19-13-17(27)15-21(35(19)33)9-10-22-16-18(28)14-20(36(22)34)8-6-12-26(3,4)24(31)32/h13-16H,5-12H2,1-4H3,(H,29,30)(H,31,32). The van der Waals surface area contributed by atoms with Crippen molar-refractivity contribution in [1.82, 2.24) is 0 Å². The van der Waals surface area contributed by atoms with E-state index in [0.717, 1.165) is 0 Å². The largest absolute Gasteiger partial charge is 0.481 e. The van der Waals surface area contributed by atoms with Gasteiger partial charge in [0.1, 0.15) is 0 Å². The monoisotopic (exact) mass is 538 g/mol. The lowest BCUT2D eigenvalue weighted by Crippen LogP contribution is -2.23. The lowest BCUT2D eigenvalue weighted by Gasteiger charge is -2.21. The van der Waals surface area contributed by atoms with Gasteiger partial charge in [0.05, 0.1) is 32.4 Å². The van der Waals surface area contributed by atoms with E-state index < -0.39 is 44.4 Å². The summed E-state index contributed by atoms with van der Waals surface area (Å²) in [4.78, 5) is 48.6. The summed E-state index contributed by atoms with van der Waals surface area (Å²) in [6, 6.07) is 0. The minimum Gasteiger partial charge on any atom is -0.481 e. The number of hydrogen-bond donors (Lipinski definition) is 2. The number of ketones is 2. The summed E-state index contributed by atoms with van der Waals surface area (Å²) in [6.45, 7) is 6.47. The molecule has 198 valence electrons. The fourth-order valence-corrected chi connectivity index (χ4v) is 6.60. The number of allylic oxidation sites excluding steroid dienone is 8. The molecule has 2 unspecified atom stereocenters. The first-order valence-corrected chi connectivity index (χ1v) is 14.1. The number of carboxylic acid groups (broad SMARTS) is 2. The molecule has 10 heteroatoms. The Morgan fingerprint density at radius 2 is 0.917 bits per heavy atom. The Labute approximate surface area is 216 Å². The minimum atomic E-state index is -1.56. The maximum atomic E-state index is 13.0. The SMILES string of the molecule is CC(C)(CCCC1=CC(=O)C=C(CCC2=CC(=O)C=C(CCCC(C)(C)C(=O)O)S2=O)S1=O)C(=O)O. The number of carbonyl (C=O) groups excluding carboxylic acids is 2. The van der Waals surface area contributed by atoms with Crippen molar-refractivity contribution in [3.05, 3.63) is 43.9 Å². The van der Waals surface area contributed by atoms with Crippen LogP contribution in [-0.2, 0) is 40.8 Å². The average Bonchev–Trinajstić information content (AvgIpc) is 2.76. The molecule has 2 rings (SSSR count). The summed E-state index contributed by atoms with van der Waals surface area (Å²) in [5.41, 5.74) is -1.84. The van der Waals surface area contributed by atoms with E-state index in [1.54, 1.807) is 27.7 Å². The van der Waals surface area contributed by atoms with Crippen molar-refractivity contribution >= 4 is 45.1 Å². The zero-order valence-electron chi connectivity index (χ0n) is 21.1. The number of carbonyl (C=O) groups is 4. The second-order valence-electron chi connectivity index (χ2n) is 10.4. The summed E-state index contributed by atoms with van der Waals surface area (Å²) >= 11 is 0. The maximum Gasteiger partial charge on any atom is 0.309 e. The first kappa shape index (κ1) is 29.8. The highest BCUT2D eigenvalue weighted by Crippen LogP contribution is 2.33. The van der Waals surface area contributed by atoms with Gasteiger partial charge in [-0.2, -0.15) is 0 Å². The van der Waals surface area contributed by atoms with Crippen molar-refractivity contribution in [3.63, 3.8) is 0 Å². The van der Waals surface area contributed by atoms with Gasteiger partial charge in [-0.3, -0.25) is 19.2 Å². The summed E-state index contributed by atoms with van der Waals surface area (Å²) < 4.78 is 26.0. The Kier molecular flexibility index (Phi) is 10.1. The Bertz CT molecular complexity index is 1030. The zero-order valence-corrected chi connectivity index (χ0v) is 22.8. The summed E-state index contributed by atoms with van der Waals surface area (Å²) in [5, 5.41) is 18.5. The maximum absolute atomic E-state index is 13.0. The van der Waals surface area contributed by atoms with E-state index in [4.69, 9.17) is 0 Å². The number of aliphatic carboxylic acids is 2. The molecule has 0 aromatic carbocycles. The molecule has 0 aliphatic carbocycles. The molecule has 0 saturated heterocycles. The van der Waals surface area contributed by atoms with Crippen LogP contribution in [0.15, 0.2) is 43.9 Å². The Morgan fingerprint density at radius 3 is 1.19 bits per heavy atom. The topological polar surface area (TPSA) is 143 Å². The van der Waals surface area contributed by atoms with Gasteiger partial charge in [0.15, 0.2) is 11.6 Å². The van der Waals surface area contributed by atoms with Gasteiger partial charge >= 0.3 is 11.9 Å². The molecular formula is C26H34O8S2.